The summed E-state index contributed by atoms with van der Waals surface area (Å²) in [5, 5.41) is 7.08. The zero-order chi connectivity index (χ0) is 16.3. The van der Waals surface area contributed by atoms with Crippen LogP contribution in [0.15, 0.2) is 36.4 Å². The number of hydrogen-bond acceptors (Lipinski definition) is 4. The van der Waals surface area contributed by atoms with E-state index >= 15 is 0 Å². The number of sulfonamides is 1. The quantitative estimate of drug-likeness (QED) is 0.841. The van der Waals surface area contributed by atoms with Crippen molar-refractivity contribution in [2.75, 3.05) is 19.6 Å². The predicted molar refractivity (Wildman–Crippen MR) is 90.3 cm³/mol. The summed E-state index contributed by atoms with van der Waals surface area (Å²) in [5.41, 5.74) is 2.99. The van der Waals surface area contributed by atoms with E-state index in [1.807, 2.05) is 36.4 Å². The summed E-state index contributed by atoms with van der Waals surface area (Å²) in [6, 6.07) is 12.0. The summed E-state index contributed by atoms with van der Waals surface area (Å²) in [4.78, 5) is 2.15. The van der Waals surface area contributed by atoms with Gasteiger partial charge in [0.15, 0.2) is 0 Å². The van der Waals surface area contributed by atoms with Gasteiger partial charge in [-0.25, -0.2) is 13.1 Å². The molecule has 7 heteroatoms. The van der Waals surface area contributed by atoms with Crippen LogP contribution in [0.3, 0.4) is 0 Å². The van der Waals surface area contributed by atoms with Gasteiger partial charge in [-0.3, -0.25) is 10.00 Å². The van der Waals surface area contributed by atoms with E-state index in [0.717, 1.165) is 23.5 Å². The smallest absolute Gasteiger partial charge is 0.215 e. The number of nitrogens with zero attached hydrogens (tertiary/aromatic N) is 2. The molecule has 0 saturated carbocycles. The van der Waals surface area contributed by atoms with Crippen molar-refractivity contribution in [1.82, 2.24) is 19.8 Å². The first-order valence-electron chi connectivity index (χ1n) is 7.89. The van der Waals surface area contributed by atoms with Crippen molar-refractivity contribution in [3.8, 4) is 11.3 Å². The van der Waals surface area contributed by atoms with Crippen LogP contribution in [0.2, 0.25) is 0 Å². The molecule has 124 valence electrons. The molecule has 6 nitrogen and oxygen atoms in total. The largest absolute Gasteiger partial charge is 0.296 e. The highest BCUT2D eigenvalue weighted by Gasteiger charge is 2.32. The summed E-state index contributed by atoms with van der Waals surface area (Å²) in [6.45, 7) is 4.29. The van der Waals surface area contributed by atoms with Crippen LogP contribution in [0, 0.1) is 0 Å². The summed E-state index contributed by atoms with van der Waals surface area (Å²) < 4.78 is 26.7. The van der Waals surface area contributed by atoms with Crippen molar-refractivity contribution in [2.45, 2.75) is 25.1 Å². The molecule has 0 radical (unpaired) electrons. The Morgan fingerprint density at radius 2 is 2.13 bits per heavy atom. The maximum absolute atomic E-state index is 12.1. The van der Waals surface area contributed by atoms with Crippen molar-refractivity contribution in [1.29, 1.82) is 0 Å². The summed E-state index contributed by atoms with van der Waals surface area (Å²) >= 11 is 0. The number of hydrogen-bond donors (Lipinski definition) is 2. The van der Waals surface area contributed by atoms with E-state index in [1.54, 1.807) is 6.92 Å². The van der Waals surface area contributed by atoms with E-state index in [1.165, 1.54) is 0 Å². The average Bonchev–Trinajstić information content (AvgIpc) is 3.18. The maximum Gasteiger partial charge on any atom is 0.215 e. The van der Waals surface area contributed by atoms with E-state index < -0.39 is 10.0 Å². The average molecular weight is 334 g/mol. The van der Waals surface area contributed by atoms with Crippen LogP contribution in [-0.2, 0) is 16.6 Å². The number of aromatic amines is 1. The molecule has 0 unspecified atom stereocenters. The number of aromatic nitrogens is 2. The van der Waals surface area contributed by atoms with Crippen LogP contribution in [0.5, 0.6) is 0 Å². The Balaban J connectivity index is 1.62. The lowest BCUT2D eigenvalue weighted by atomic mass is 10.1. The van der Waals surface area contributed by atoms with Crippen LogP contribution in [0.1, 0.15) is 19.0 Å². The lowest BCUT2D eigenvalue weighted by Crippen LogP contribution is -2.36. The van der Waals surface area contributed by atoms with Crippen LogP contribution in [0.25, 0.3) is 11.3 Å². The first kappa shape index (κ1) is 16.2. The second-order valence-corrected chi connectivity index (χ2v) is 7.88. The highest BCUT2D eigenvalue weighted by molar-refractivity contribution is 7.90. The number of likely N-dealkylation sites (tertiary alicyclic amines) is 1. The van der Waals surface area contributed by atoms with Gasteiger partial charge in [0, 0.05) is 30.9 Å². The number of nitrogens with one attached hydrogen (secondary N) is 2. The van der Waals surface area contributed by atoms with Gasteiger partial charge in [0.2, 0.25) is 10.0 Å². The Morgan fingerprint density at radius 1 is 1.35 bits per heavy atom. The summed E-state index contributed by atoms with van der Waals surface area (Å²) in [7, 11) is -3.19. The minimum Gasteiger partial charge on any atom is -0.296 e. The molecule has 0 bridgehead atoms. The molecule has 1 aromatic heterocycles. The number of rotatable bonds is 6. The van der Waals surface area contributed by atoms with E-state index in [-0.39, 0.29) is 5.25 Å². The fraction of sp³-hybridized carbons (Fsp3) is 0.438. The first-order chi connectivity index (χ1) is 11.1. The molecule has 1 fully saturated rings. The molecule has 23 heavy (non-hydrogen) atoms. The SMILES string of the molecule is CCNS(=O)(=O)[C@H]1CCN(Cc2cc(-c3ccccc3)n[nH]2)C1. The molecule has 1 atom stereocenters. The highest BCUT2D eigenvalue weighted by Crippen LogP contribution is 2.21. The molecular weight excluding hydrogens is 312 g/mol. The molecule has 1 aliphatic heterocycles. The van der Waals surface area contributed by atoms with Gasteiger partial charge >= 0.3 is 0 Å². The maximum atomic E-state index is 12.1. The molecule has 1 aromatic carbocycles. The van der Waals surface area contributed by atoms with Crippen LogP contribution in [0.4, 0.5) is 0 Å². The predicted octanol–water partition coefficient (Wildman–Crippen LogP) is 1.59. The highest BCUT2D eigenvalue weighted by atomic mass is 32.2. The van der Waals surface area contributed by atoms with E-state index in [4.69, 9.17) is 0 Å². The third-order valence-electron chi connectivity index (χ3n) is 4.11. The monoisotopic (exact) mass is 334 g/mol. The van der Waals surface area contributed by atoms with Crippen LogP contribution >= 0.6 is 0 Å². The first-order valence-corrected chi connectivity index (χ1v) is 9.43. The topological polar surface area (TPSA) is 78.1 Å². The zero-order valence-electron chi connectivity index (χ0n) is 13.2. The van der Waals surface area contributed by atoms with Crippen LogP contribution < -0.4 is 4.72 Å². The Morgan fingerprint density at radius 3 is 2.87 bits per heavy atom. The van der Waals surface area contributed by atoms with Gasteiger partial charge in [-0.05, 0) is 19.0 Å². The van der Waals surface area contributed by atoms with E-state index in [0.29, 0.717) is 26.1 Å². The van der Waals surface area contributed by atoms with E-state index in [2.05, 4.69) is 19.8 Å². The molecule has 2 N–H and O–H groups in total. The molecule has 3 rings (SSSR count). The molecule has 2 aromatic rings. The minimum absolute atomic E-state index is 0.320. The molecule has 0 aliphatic carbocycles. The van der Waals surface area contributed by atoms with Gasteiger partial charge in [-0.15, -0.1) is 0 Å². The minimum atomic E-state index is -3.19. The fourth-order valence-corrected chi connectivity index (χ4v) is 4.41. The number of H-pyrrole nitrogens is 1. The van der Waals surface area contributed by atoms with Crippen molar-refractivity contribution in [3.63, 3.8) is 0 Å². The van der Waals surface area contributed by atoms with Crippen molar-refractivity contribution in [3.05, 3.63) is 42.1 Å². The standard InChI is InChI=1S/C16H22N4O2S/c1-2-17-23(21,22)15-8-9-20(12-15)11-14-10-16(19-18-14)13-6-4-3-5-7-13/h3-7,10,15,17H,2,8-9,11-12H2,1H3,(H,18,19)/t15-/m0/s1. The Hall–Kier alpha value is -1.70. The lowest BCUT2D eigenvalue weighted by Gasteiger charge is -2.15. The fourth-order valence-electron chi connectivity index (χ4n) is 2.95. The van der Waals surface area contributed by atoms with Crippen molar-refractivity contribution in [2.24, 2.45) is 0 Å². The van der Waals surface area contributed by atoms with E-state index in [9.17, 15) is 8.42 Å². The van der Waals surface area contributed by atoms with Crippen molar-refractivity contribution < 1.29 is 8.42 Å². The van der Waals surface area contributed by atoms with Gasteiger partial charge in [-0.2, -0.15) is 5.10 Å². The third-order valence-corrected chi connectivity index (χ3v) is 6.06. The molecule has 0 amide bonds. The van der Waals surface area contributed by atoms with Gasteiger partial charge in [0.25, 0.3) is 0 Å². The normalized spacial score (nSPS) is 19.3. The van der Waals surface area contributed by atoms with Crippen LogP contribution in [-0.4, -0.2) is 48.4 Å². The van der Waals surface area contributed by atoms with Gasteiger partial charge in [-0.1, -0.05) is 37.3 Å². The Bertz CT molecular complexity index is 742. The molecule has 2 heterocycles. The van der Waals surface area contributed by atoms with Gasteiger partial charge in [0.1, 0.15) is 0 Å². The molecular formula is C16H22N4O2S. The summed E-state index contributed by atoms with van der Waals surface area (Å²) in [5.74, 6) is 0. The molecule has 0 spiro atoms. The third kappa shape index (κ3) is 3.80. The van der Waals surface area contributed by atoms with Crippen molar-refractivity contribution >= 4 is 10.0 Å². The lowest BCUT2D eigenvalue weighted by molar-refractivity contribution is 0.327. The molecule has 1 saturated heterocycles. The number of benzene rings is 1. The Labute approximate surface area is 137 Å². The second kappa shape index (κ2) is 6.82. The zero-order valence-corrected chi connectivity index (χ0v) is 14.0. The summed E-state index contributed by atoms with van der Waals surface area (Å²) in [6.07, 6.45) is 0.676. The van der Waals surface area contributed by atoms with Gasteiger partial charge < -0.3 is 0 Å². The Kier molecular flexibility index (Phi) is 4.79. The second-order valence-electron chi connectivity index (χ2n) is 5.83. The molecule has 1 aliphatic rings. The van der Waals surface area contributed by atoms with Gasteiger partial charge in [0.05, 0.1) is 10.9 Å².